The molecular weight excluding hydrogens is 347 g/mol. The van der Waals surface area contributed by atoms with Crippen LogP contribution in [0.5, 0.6) is 0 Å². The van der Waals surface area contributed by atoms with Gasteiger partial charge in [-0.25, -0.2) is 0 Å². The number of carbonyl (C=O) groups excluding carboxylic acids is 1. The minimum atomic E-state index is -1.65. The molecule has 0 saturated carbocycles. The average Bonchev–Trinajstić information content (AvgIpc) is 2.96. The Morgan fingerprint density at radius 2 is 2.05 bits per heavy atom. The average molecular weight is 366 g/mol. The number of rotatable bonds is 5. The fraction of sp³-hybridized carbons (Fsp3) is 0.533. The van der Waals surface area contributed by atoms with Gasteiger partial charge in [-0.15, -0.1) is 0 Å². The summed E-state index contributed by atoms with van der Waals surface area (Å²) in [6, 6.07) is 7.19. The van der Waals surface area contributed by atoms with E-state index >= 15 is 0 Å². The van der Waals surface area contributed by atoms with Crippen LogP contribution in [0.25, 0.3) is 0 Å². The molecule has 122 valence electrons. The second-order valence-corrected chi connectivity index (χ2v) is 7.73. The molecule has 1 fully saturated rings. The van der Waals surface area contributed by atoms with Crippen molar-refractivity contribution in [3.63, 3.8) is 0 Å². The van der Waals surface area contributed by atoms with Gasteiger partial charge in [0.05, 0.1) is 6.10 Å². The first-order valence-electron chi connectivity index (χ1n) is 7.15. The molecule has 1 aromatic rings. The van der Waals surface area contributed by atoms with E-state index in [1.807, 2.05) is 19.1 Å². The van der Waals surface area contributed by atoms with Crippen molar-refractivity contribution >= 4 is 40.7 Å². The van der Waals surface area contributed by atoms with E-state index in [0.717, 1.165) is 25.0 Å². The van der Waals surface area contributed by atoms with Gasteiger partial charge in [-0.2, -0.15) is 0 Å². The van der Waals surface area contributed by atoms with Crippen molar-refractivity contribution in [2.75, 3.05) is 13.2 Å². The number of hydrogen-bond donors (Lipinski definition) is 2. The van der Waals surface area contributed by atoms with E-state index in [4.69, 9.17) is 39.5 Å². The summed E-state index contributed by atoms with van der Waals surface area (Å²) in [7, 11) is 0. The van der Waals surface area contributed by atoms with Crippen LogP contribution in [0.1, 0.15) is 28.8 Å². The van der Waals surface area contributed by atoms with Crippen molar-refractivity contribution in [1.82, 2.24) is 10.6 Å². The number of benzene rings is 1. The molecule has 2 atom stereocenters. The van der Waals surface area contributed by atoms with Crippen LogP contribution in [0, 0.1) is 6.92 Å². The largest absolute Gasteiger partial charge is 0.377 e. The van der Waals surface area contributed by atoms with Crippen molar-refractivity contribution in [3.8, 4) is 0 Å². The van der Waals surface area contributed by atoms with E-state index in [2.05, 4.69) is 10.6 Å². The number of amides is 1. The molecule has 1 saturated heterocycles. The van der Waals surface area contributed by atoms with Crippen LogP contribution >= 0.6 is 34.8 Å². The Hall–Kier alpha value is -0.520. The SMILES string of the molecule is Cc1ccc(C(=O)N[C@H](NC[C@@H]2CCCO2)C(Cl)(Cl)Cl)cc1. The predicted molar refractivity (Wildman–Crippen MR) is 89.7 cm³/mol. The van der Waals surface area contributed by atoms with Gasteiger partial charge < -0.3 is 10.1 Å². The zero-order valence-electron chi connectivity index (χ0n) is 12.2. The minimum absolute atomic E-state index is 0.0890. The smallest absolute Gasteiger partial charge is 0.252 e. The van der Waals surface area contributed by atoms with Gasteiger partial charge >= 0.3 is 0 Å². The van der Waals surface area contributed by atoms with Gasteiger partial charge in [0.25, 0.3) is 5.91 Å². The van der Waals surface area contributed by atoms with Crippen LogP contribution in [0.3, 0.4) is 0 Å². The second-order valence-electron chi connectivity index (χ2n) is 5.36. The van der Waals surface area contributed by atoms with Gasteiger partial charge in [0.15, 0.2) is 0 Å². The number of hydrogen-bond acceptors (Lipinski definition) is 3. The molecular formula is C15H19Cl3N2O2. The molecule has 1 amide bonds. The van der Waals surface area contributed by atoms with Crippen LogP contribution < -0.4 is 10.6 Å². The molecule has 0 radical (unpaired) electrons. The lowest BCUT2D eigenvalue weighted by Crippen LogP contribution is -2.54. The molecule has 2 N–H and O–H groups in total. The predicted octanol–water partition coefficient (Wildman–Crippen LogP) is 3.19. The fourth-order valence-electron chi connectivity index (χ4n) is 2.22. The van der Waals surface area contributed by atoms with Crippen molar-refractivity contribution < 1.29 is 9.53 Å². The lowest BCUT2D eigenvalue weighted by molar-refractivity contribution is 0.0897. The Morgan fingerprint density at radius 1 is 1.36 bits per heavy atom. The maximum absolute atomic E-state index is 12.3. The molecule has 1 heterocycles. The summed E-state index contributed by atoms with van der Waals surface area (Å²) in [5, 5.41) is 5.78. The molecule has 0 spiro atoms. The summed E-state index contributed by atoms with van der Waals surface area (Å²) < 4.78 is 3.86. The minimum Gasteiger partial charge on any atom is -0.377 e. The highest BCUT2D eigenvalue weighted by atomic mass is 35.6. The first kappa shape index (κ1) is 17.8. The number of ether oxygens (including phenoxy) is 1. The van der Waals surface area contributed by atoms with E-state index in [1.54, 1.807) is 12.1 Å². The standard InChI is InChI=1S/C15H19Cl3N2O2/c1-10-4-6-11(7-5-10)13(21)20-14(15(16,17)18)19-9-12-3-2-8-22-12/h4-7,12,14,19H,2-3,8-9H2,1H3,(H,20,21)/t12-,14-/m0/s1. The zero-order valence-corrected chi connectivity index (χ0v) is 14.5. The highest BCUT2D eigenvalue weighted by Gasteiger charge is 2.34. The summed E-state index contributed by atoms with van der Waals surface area (Å²) in [5.74, 6) is -0.295. The van der Waals surface area contributed by atoms with Gasteiger partial charge in [0.1, 0.15) is 6.17 Å². The van der Waals surface area contributed by atoms with Crippen LogP contribution in [-0.2, 0) is 4.74 Å². The zero-order chi connectivity index (χ0) is 16.2. The molecule has 0 bridgehead atoms. The molecule has 1 aliphatic heterocycles. The van der Waals surface area contributed by atoms with Crippen LogP contribution in [-0.4, -0.2) is 35.1 Å². The number of nitrogens with one attached hydrogen (secondary N) is 2. The maximum Gasteiger partial charge on any atom is 0.252 e. The lowest BCUT2D eigenvalue weighted by Gasteiger charge is -2.27. The van der Waals surface area contributed by atoms with Crippen molar-refractivity contribution in [3.05, 3.63) is 35.4 Å². The van der Waals surface area contributed by atoms with Crippen molar-refractivity contribution in [1.29, 1.82) is 0 Å². The molecule has 0 aliphatic carbocycles. The lowest BCUT2D eigenvalue weighted by atomic mass is 10.1. The Labute approximate surface area is 145 Å². The Kier molecular flexibility index (Phi) is 6.36. The van der Waals surface area contributed by atoms with Gasteiger partial charge in [-0.1, -0.05) is 52.5 Å². The molecule has 0 aromatic heterocycles. The molecule has 2 rings (SSSR count). The summed E-state index contributed by atoms with van der Waals surface area (Å²) in [6.07, 6.45) is 1.29. The van der Waals surface area contributed by atoms with Crippen molar-refractivity contribution in [2.24, 2.45) is 0 Å². The summed E-state index contributed by atoms with van der Waals surface area (Å²) >= 11 is 17.9. The third kappa shape index (κ3) is 5.28. The molecule has 22 heavy (non-hydrogen) atoms. The van der Waals surface area contributed by atoms with Crippen LogP contribution in [0.15, 0.2) is 24.3 Å². The van der Waals surface area contributed by atoms with E-state index in [1.165, 1.54) is 0 Å². The van der Waals surface area contributed by atoms with E-state index in [0.29, 0.717) is 12.1 Å². The Morgan fingerprint density at radius 3 is 2.59 bits per heavy atom. The third-order valence-electron chi connectivity index (χ3n) is 3.49. The molecule has 1 aromatic carbocycles. The summed E-state index contributed by atoms with van der Waals surface area (Å²) in [5.41, 5.74) is 1.59. The highest BCUT2D eigenvalue weighted by Crippen LogP contribution is 2.29. The normalized spacial score (nSPS) is 19.9. The number of alkyl halides is 3. The summed E-state index contributed by atoms with van der Waals surface area (Å²) in [6.45, 7) is 3.22. The van der Waals surface area contributed by atoms with Crippen LogP contribution in [0.4, 0.5) is 0 Å². The fourth-order valence-corrected chi connectivity index (χ4v) is 2.62. The van der Waals surface area contributed by atoms with Gasteiger partial charge in [0, 0.05) is 18.7 Å². The van der Waals surface area contributed by atoms with E-state index < -0.39 is 9.96 Å². The molecule has 7 heteroatoms. The number of halogens is 3. The monoisotopic (exact) mass is 364 g/mol. The topological polar surface area (TPSA) is 50.4 Å². The number of carbonyl (C=O) groups is 1. The molecule has 1 aliphatic rings. The number of aryl methyl sites for hydroxylation is 1. The highest BCUT2D eigenvalue weighted by molar-refractivity contribution is 6.68. The first-order chi connectivity index (χ1) is 10.4. The molecule has 4 nitrogen and oxygen atoms in total. The summed E-state index contributed by atoms with van der Waals surface area (Å²) in [4.78, 5) is 12.3. The Bertz CT molecular complexity index is 497. The maximum atomic E-state index is 12.3. The van der Waals surface area contributed by atoms with Crippen LogP contribution in [0.2, 0.25) is 0 Å². The van der Waals surface area contributed by atoms with Gasteiger partial charge in [-0.05, 0) is 31.9 Å². The van der Waals surface area contributed by atoms with Crippen molar-refractivity contribution in [2.45, 2.75) is 35.8 Å². The van der Waals surface area contributed by atoms with E-state index in [9.17, 15) is 4.79 Å². The van der Waals surface area contributed by atoms with Gasteiger partial charge in [-0.3, -0.25) is 10.1 Å². The second kappa shape index (κ2) is 7.84. The van der Waals surface area contributed by atoms with Gasteiger partial charge in [0.2, 0.25) is 3.79 Å². The van der Waals surface area contributed by atoms with E-state index in [-0.39, 0.29) is 12.0 Å². The quantitative estimate of drug-likeness (QED) is 0.622. The third-order valence-corrected chi connectivity index (χ3v) is 4.14. The molecule has 0 unspecified atom stereocenters. The first-order valence-corrected chi connectivity index (χ1v) is 8.29. The Balaban J connectivity index is 1.96.